The average Bonchev–Trinajstić information content (AvgIpc) is 2.99. The Balaban J connectivity index is 0.000000487. The minimum Gasteiger partial charge on any atom is -0.346 e. The highest BCUT2D eigenvalue weighted by Crippen LogP contribution is 2.34. The molecule has 3 aromatic carbocycles. The summed E-state index contributed by atoms with van der Waals surface area (Å²) in [5, 5.41) is 2.55. The first-order valence-electron chi connectivity index (χ1n) is 15.8. The van der Waals surface area contributed by atoms with Crippen LogP contribution in [0.25, 0.3) is 6.08 Å². The normalized spacial score (nSPS) is 13.3. The molecular formula is C34H41F7N4O5S2. The Morgan fingerprint density at radius 1 is 0.750 bits per heavy atom. The molecular weight excluding hydrogens is 742 g/mol. The lowest BCUT2D eigenvalue weighted by Gasteiger charge is -2.17. The predicted octanol–water partition coefficient (Wildman–Crippen LogP) is 7.51. The number of alkyl halides is 3. The highest BCUT2D eigenvalue weighted by atomic mass is 32.2. The van der Waals surface area contributed by atoms with Crippen LogP contribution in [0.15, 0.2) is 42.5 Å². The van der Waals surface area contributed by atoms with Gasteiger partial charge >= 0.3 is 6.18 Å². The first kappa shape index (κ1) is 44.0. The van der Waals surface area contributed by atoms with Gasteiger partial charge in [0.15, 0.2) is 23.3 Å². The molecule has 0 fully saturated rings. The van der Waals surface area contributed by atoms with Crippen LogP contribution in [0.1, 0.15) is 86.0 Å². The van der Waals surface area contributed by atoms with E-state index in [1.165, 1.54) is 19.1 Å². The molecule has 5 N–H and O–H groups in total. The standard InChI is InChI=1S/C25H29F5N2O3S.C9H12F2N2O2S/c1-5-7-16-11-19(25(28,29)30)12-17(8-6-2)20(16)9-10-23(33)31-15(3)18-13-21(26)24(22(27)14-18)32-36(4,34)35;1-5(12)6-3-7(10)9(8(11)4-6)13-16(2,14)15/h9-15,32H,5-8H2,1-4H3,(H,31,33);3-5,13H,12H2,1-2H3/t15-;5-/m11/s1. The summed E-state index contributed by atoms with van der Waals surface area (Å²) in [5.74, 6) is -4.89. The molecule has 0 saturated carbocycles. The van der Waals surface area contributed by atoms with Crippen molar-refractivity contribution in [2.24, 2.45) is 5.73 Å². The third-order valence-corrected chi connectivity index (χ3v) is 8.36. The quantitative estimate of drug-likeness (QED) is 0.104. The van der Waals surface area contributed by atoms with Crippen LogP contribution in [0.2, 0.25) is 0 Å². The van der Waals surface area contributed by atoms with Gasteiger partial charge in [-0.3, -0.25) is 14.2 Å². The Hall–Kier alpha value is -4.16. The van der Waals surface area contributed by atoms with Gasteiger partial charge in [-0.2, -0.15) is 13.2 Å². The molecule has 52 heavy (non-hydrogen) atoms. The monoisotopic (exact) mass is 782 g/mol. The topological polar surface area (TPSA) is 147 Å². The first-order valence-corrected chi connectivity index (χ1v) is 19.6. The van der Waals surface area contributed by atoms with Crippen molar-refractivity contribution in [1.82, 2.24) is 5.32 Å². The van der Waals surface area contributed by atoms with Gasteiger partial charge in [0.1, 0.15) is 11.4 Å². The van der Waals surface area contributed by atoms with Crippen molar-refractivity contribution in [2.45, 2.75) is 71.6 Å². The smallest absolute Gasteiger partial charge is 0.346 e. The Kier molecular flexibility index (Phi) is 15.3. The van der Waals surface area contributed by atoms with Gasteiger partial charge in [0.2, 0.25) is 26.0 Å². The zero-order chi connectivity index (χ0) is 39.8. The first-order chi connectivity index (χ1) is 23.9. The summed E-state index contributed by atoms with van der Waals surface area (Å²) < 4.78 is 143. The Labute approximate surface area is 299 Å². The molecule has 9 nitrogen and oxygen atoms in total. The lowest BCUT2D eigenvalue weighted by molar-refractivity contribution is -0.137. The van der Waals surface area contributed by atoms with Gasteiger partial charge in [-0.1, -0.05) is 26.7 Å². The fourth-order valence-corrected chi connectivity index (χ4v) is 6.01. The Bertz CT molecular complexity index is 1930. The molecule has 18 heteroatoms. The molecule has 0 radical (unpaired) electrons. The number of rotatable bonds is 13. The summed E-state index contributed by atoms with van der Waals surface area (Å²) >= 11 is 0. The zero-order valence-corrected chi connectivity index (χ0v) is 30.8. The van der Waals surface area contributed by atoms with E-state index in [4.69, 9.17) is 5.73 Å². The molecule has 3 rings (SSSR count). The molecule has 1 amide bonds. The highest BCUT2D eigenvalue weighted by molar-refractivity contribution is 7.92. The van der Waals surface area contributed by atoms with E-state index in [0.717, 1.165) is 48.9 Å². The summed E-state index contributed by atoms with van der Waals surface area (Å²) in [5.41, 5.74) is 5.02. The number of anilines is 2. The number of hydrogen-bond acceptors (Lipinski definition) is 6. The van der Waals surface area contributed by atoms with Crippen LogP contribution >= 0.6 is 0 Å². The Morgan fingerprint density at radius 2 is 1.13 bits per heavy atom. The van der Waals surface area contributed by atoms with E-state index in [1.54, 1.807) is 16.4 Å². The fraction of sp³-hybridized carbons (Fsp3) is 0.382. The molecule has 0 aliphatic carbocycles. The molecule has 2 atom stereocenters. The van der Waals surface area contributed by atoms with Gasteiger partial charge in [0, 0.05) is 12.1 Å². The maximum absolute atomic E-state index is 14.3. The van der Waals surface area contributed by atoms with Crippen molar-refractivity contribution >= 4 is 43.4 Å². The molecule has 0 bridgehead atoms. The second-order valence-corrected chi connectivity index (χ2v) is 15.5. The second kappa shape index (κ2) is 18.1. The van der Waals surface area contributed by atoms with Crippen molar-refractivity contribution in [3.05, 3.63) is 99.1 Å². The molecule has 0 unspecified atom stereocenters. The number of hydrogen-bond donors (Lipinski definition) is 4. The van der Waals surface area contributed by atoms with Crippen LogP contribution in [-0.4, -0.2) is 35.3 Å². The van der Waals surface area contributed by atoms with Crippen LogP contribution in [-0.2, 0) is 43.9 Å². The highest BCUT2D eigenvalue weighted by Gasteiger charge is 2.32. The van der Waals surface area contributed by atoms with E-state index in [0.29, 0.717) is 42.4 Å². The third-order valence-electron chi connectivity index (χ3n) is 7.21. The SMILES string of the molecule is CCCc1cc(C(F)(F)F)cc(CCC)c1C=CC(=O)N[C@H](C)c1cc(F)c(NS(C)(=O)=O)c(F)c1.C[C@@H](N)c1cc(F)c(NS(C)(=O)=O)c(F)c1. The number of benzene rings is 3. The van der Waals surface area contributed by atoms with E-state index in [-0.39, 0.29) is 11.1 Å². The summed E-state index contributed by atoms with van der Waals surface area (Å²) in [6.45, 7) is 6.73. The van der Waals surface area contributed by atoms with Crippen molar-refractivity contribution in [3.63, 3.8) is 0 Å². The van der Waals surface area contributed by atoms with Crippen molar-refractivity contribution < 1.29 is 52.4 Å². The van der Waals surface area contributed by atoms with Gasteiger partial charge in [0.05, 0.1) is 24.1 Å². The molecule has 0 heterocycles. The van der Waals surface area contributed by atoms with E-state index >= 15 is 0 Å². The maximum Gasteiger partial charge on any atom is 0.416 e. The molecule has 288 valence electrons. The van der Waals surface area contributed by atoms with E-state index < -0.39 is 84.4 Å². The molecule has 0 aliphatic rings. The predicted molar refractivity (Wildman–Crippen MR) is 187 cm³/mol. The van der Waals surface area contributed by atoms with Crippen LogP contribution in [0.4, 0.5) is 42.1 Å². The zero-order valence-electron chi connectivity index (χ0n) is 29.2. The van der Waals surface area contributed by atoms with Gasteiger partial charge in [-0.15, -0.1) is 0 Å². The van der Waals surface area contributed by atoms with Gasteiger partial charge in [-0.25, -0.2) is 34.4 Å². The van der Waals surface area contributed by atoms with Crippen LogP contribution in [0, 0.1) is 23.3 Å². The van der Waals surface area contributed by atoms with Crippen molar-refractivity contribution in [3.8, 4) is 0 Å². The largest absolute Gasteiger partial charge is 0.416 e. The fourth-order valence-electron chi connectivity index (χ4n) is 4.88. The number of nitrogens with one attached hydrogen (secondary N) is 3. The maximum atomic E-state index is 14.3. The van der Waals surface area contributed by atoms with E-state index in [9.17, 15) is 52.4 Å². The van der Waals surface area contributed by atoms with Crippen LogP contribution < -0.4 is 20.5 Å². The molecule has 0 aromatic heterocycles. The number of halogens is 7. The van der Waals surface area contributed by atoms with Crippen molar-refractivity contribution in [1.29, 1.82) is 0 Å². The van der Waals surface area contributed by atoms with Gasteiger partial charge in [-0.05, 0) is 97.0 Å². The van der Waals surface area contributed by atoms with Gasteiger partial charge < -0.3 is 11.1 Å². The van der Waals surface area contributed by atoms with E-state index in [1.807, 2.05) is 13.8 Å². The lowest BCUT2D eigenvalue weighted by atomic mass is 9.92. The Morgan fingerprint density at radius 3 is 1.46 bits per heavy atom. The van der Waals surface area contributed by atoms with Crippen molar-refractivity contribution in [2.75, 3.05) is 22.0 Å². The molecule has 0 aliphatic heterocycles. The number of carbonyl (C=O) groups is 1. The number of sulfonamides is 2. The number of carbonyl (C=O) groups excluding carboxylic acids is 1. The number of nitrogens with two attached hydrogens (primary N) is 1. The lowest BCUT2D eigenvalue weighted by Crippen LogP contribution is -2.25. The average molecular weight is 783 g/mol. The number of aryl methyl sites for hydroxylation is 2. The summed E-state index contributed by atoms with van der Waals surface area (Å²) in [4.78, 5) is 12.5. The van der Waals surface area contributed by atoms with Crippen LogP contribution in [0.3, 0.4) is 0 Å². The molecule has 3 aromatic rings. The summed E-state index contributed by atoms with van der Waals surface area (Å²) in [7, 11) is -7.62. The van der Waals surface area contributed by atoms with E-state index in [2.05, 4.69) is 5.32 Å². The summed E-state index contributed by atoms with van der Waals surface area (Å²) in [6, 6.07) is 4.62. The minimum atomic E-state index is -4.49. The summed E-state index contributed by atoms with van der Waals surface area (Å²) in [6.07, 6.45) is 1.71. The molecule has 0 saturated heterocycles. The number of amides is 1. The minimum absolute atomic E-state index is 0.0543. The third kappa shape index (κ3) is 13.4. The molecule has 0 spiro atoms. The second-order valence-electron chi connectivity index (χ2n) is 12.0. The van der Waals surface area contributed by atoms with Crippen LogP contribution in [0.5, 0.6) is 0 Å². The van der Waals surface area contributed by atoms with Gasteiger partial charge in [0.25, 0.3) is 0 Å².